The van der Waals surface area contributed by atoms with Crippen LogP contribution >= 0.6 is 11.6 Å². The Morgan fingerprint density at radius 1 is 1.09 bits per heavy atom. The highest BCUT2D eigenvalue weighted by Gasteiger charge is 2.30. The van der Waals surface area contributed by atoms with Crippen molar-refractivity contribution in [2.75, 3.05) is 37.7 Å². The number of hydrogen-bond donors (Lipinski definition) is 0. The zero-order valence-electron chi connectivity index (χ0n) is 17.9. The number of nitrogens with zero attached hydrogens (tertiary/aromatic N) is 3. The highest BCUT2D eigenvalue weighted by atomic mass is 35.5. The van der Waals surface area contributed by atoms with Gasteiger partial charge in [0.15, 0.2) is 0 Å². The van der Waals surface area contributed by atoms with E-state index in [1.54, 1.807) is 24.0 Å². The Bertz CT molecular complexity index is 1250. The van der Waals surface area contributed by atoms with Crippen LogP contribution in [0.1, 0.15) is 12.5 Å². The molecule has 0 spiro atoms. The Balaban J connectivity index is 1.81. The second kappa shape index (κ2) is 8.96. The first-order chi connectivity index (χ1) is 15.3. The highest BCUT2D eigenvalue weighted by Crippen LogP contribution is 2.37. The second-order valence-corrected chi connectivity index (χ2v) is 9.98. The summed E-state index contributed by atoms with van der Waals surface area (Å²) in [4.78, 5) is 20.5. The molecule has 1 aliphatic rings. The minimum absolute atomic E-state index is 0.141. The fourth-order valence-corrected chi connectivity index (χ4v) is 5.42. The molecule has 1 saturated heterocycles. The summed E-state index contributed by atoms with van der Waals surface area (Å²) in [5, 5.41) is 1.23. The lowest BCUT2D eigenvalue weighted by Gasteiger charge is -2.36. The first-order valence-electron chi connectivity index (χ1n) is 10.4. The molecule has 0 atom stereocenters. The average molecular weight is 474 g/mol. The van der Waals surface area contributed by atoms with E-state index in [1.807, 2.05) is 30.0 Å². The van der Waals surface area contributed by atoms with Crippen LogP contribution in [-0.2, 0) is 14.6 Å². The van der Waals surface area contributed by atoms with Crippen LogP contribution in [0.4, 0.5) is 10.5 Å². The van der Waals surface area contributed by atoms with Crippen LogP contribution in [-0.4, -0.2) is 57.2 Å². The van der Waals surface area contributed by atoms with Crippen LogP contribution in [0.15, 0.2) is 58.5 Å². The maximum atomic E-state index is 13.6. The number of sulfone groups is 1. The molecule has 0 saturated carbocycles. The van der Waals surface area contributed by atoms with E-state index in [-0.39, 0.29) is 15.9 Å². The number of anilines is 1. The zero-order valence-corrected chi connectivity index (χ0v) is 19.5. The summed E-state index contributed by atoms with van der Waals surface area (Å²) in [6, 6.07) is 11.9. The number of piperazine rings is 1. The molecule has 1 aliphatic heterocycles. The van der Waals surface area contributed by atoms with Gasteiger partial charge in [0.05, 0.1) is 22.7 Å². The van der Waals surface area contributed by atoms with Gasteiger partial charge in [-0.1, -0.05) is 23.2 Å². The molecule has 2 aromatic carbocycles. The Labute approximate surface area is 192 Å². The van der Waals surface area contributed by atoms with Crippen LogP contribution in [0.25, 0.3) is 10.9 Å². The number of fused-ring (bicyclic) bond motifs is 1. The van der Waals surface area contributed by atoms with Gasteiger partial charge in [-0.05, 0) is 50.2 Å². The summed E-state index contributed by atoms with van der Waals surface area (Å²) >= 11 is 5.96. The van der Waals surface area contributed by atoms with Crippen molar-refractivity contribution in [1.29, 1.82) is 0 Å². The Morgan fingerprint density at radius 3 is 2.44 bits per heavy atom. The average Bonchev–Trinajstić information content (AvgIpc) is 2.79. The molecule has 1 amide bonds. The van der Waals surface area contributed by atoms with Crippen molar-refractivity contribution in [2.45, 2.75) is 23.6 Å². The van der Waals surface area contributed by atoms with E-state index < -0.39 is 9.84 Å². The maximum Gasteiger partial charge on any atom is 0.409 e. The lowest BCUT2D eigenvalue weighted by atomic mass is 10.1. The van der Waals surface area contributed by atoms with Crippen LogP contribution < -0.4 is 4.90 Å². The largest absolute Gasteiger partial charge is 0.450 e. The van der Waals surface area contributed by atoms with Crippen molar-refractivity contribution in [2.24, 2.45) is 0 Å². The van der Waals surface area contributed by atoms with Gasteiger partial charge in [0.25, 0.3) is 0 Å². The number of aromatic nitrogens is 1. The monoisotopic (exact) mass is 473 g/mol. The van der Waals surface area contributed by atoms with Gasteiger partial charge in [-0.15, -0.1) is 0 Å². The number of amides is 1. The molecule has 9 heteroatoms. The van der Waals surface area contributed by atoms with Crippen molar-refractivity contribution in [3.63, 3.8) is 0 Å². The number of halogens is 1. The van der Waals surface area contributed by atoms with E-state index >= 15 is 0 Å². The fraction of sp³-hybridized carbons (Fsp3) is 0.304. The molecule has 32 heavy (non-hydrogen) atoms. The van der Waals surface area contributed by atoms with Gasteiger partial charge in [0.1, 0.15) is 4.90 Å². The summed E-state index contributed by atoms with van der Waals surface area (Å²) in [5.74, 6) is 0. The van der Waals surface area contributed by atoms with Crippen LogP contribution in [0, 0.1) is 6.92 Å². The van der Waals surface area contributed by atoms with E-state index in [0.29, 0.717) is 49.0 Å². The van der Waals surface area contributed by atoms with Crippen LogP contribution in [0.2, 0.25) is 5.02 Å². The summed E-state index contributed by atoms with van der Waals surface area (Å²) in [7, 11) is -3.85. The fourth-order valence-electron chi connectivity index (χ4n) is 3.87. The molecule has 1 aromatic heterocycles. The lowest BCUT2D eigenvalue weighted by Crippen LogP contribution is -2.49. The van der Waals surface area contributed by atoms with Crippen molar-refractivity contribution in [3.8, 4) is 0 Å². The summed E-state index contributed by atoms with van der Waals surface area (Å²) < 4.78 is 32.3. The molecule has 0 bridgehead atoms. The number of rotatable bonds is 4. The first kappa shape index (κ1) is 22.4. The normalized spacial score (nSPS) is 14.6. The molecule has 3 aromatic rings. The first-order valence-corrected chi connectivity index (χ1v) is 12.2. The summed E-state index contributed by atoms with van der Waals surface area (Å²) in [5.41, 5.74) is 2.33. The van der Waals surface area contributed by atoms with E-state index in [9.17, 15) is 13.2 Å². The van der Waals surface area contributed by atoms with Gasteiger partial charge >= 0.3 is 6.09 Å². The number of carbonyl (C=O) groups is 1. The van der Waals surface area contributed by atoms with E-state index in [1.165, 1.54) is 18.3 Å². The topological polar surface area (TPSA) is 79.8 Å². The predicted octanol–water partition coefficient (Wildman–Crippen LogP) is 4.31. The lowest BCUT2D eigenvalue weighted by molar-refractivity contribution is 0.105. The molecule has 7 nitrogen and oxygen atoms in total. The maximum absolute atomic E-state index is 13.6. The number of pyridine rings is 1. The number of benzene rings is 2. The molecular weight excluding hydrogens is 450 g/mol. The minimum Gasteiger partial charge on any atom is -0.450 e. The number of carbonyl (C=O) groups excluding carboxylic acids is 1. The molecular formula is C23H24ClN3O4S. The molecule has 0 N–H and O–H groups in total. The summed E-state index contributed by atoms with van der Waals surface area (Å²) in [6.45, 7) is 5.89. The third kappa shape index (κ3) is 4.25. The van der Waals surface area contributed by atoms with E-state index in [0.717, 1.165) is 10.9 Å². The van der Waals surface area contributed by atoms with Gasteiger partial charge < -0.3 is 14.5 Å². The molecule has 0 unspecified atom stereocenters. The van der Waals surface area contributed by atoms with Crippen molar-refractivity contribution in [3.05, 3.63) is 59.2 Å². The van der Waals surface area contributed by atoms with E-state index in [2.05, 4.69) is 4.98 Å². The van der Waals surface area contributed by atoms with Gasteiger partial charge in [-0.2, -0.15) is 0 Å². The molecule has 4 rings (SSSR count). The van der Waals surface area contributed by atoms with Gasteiger partial charge in [0, 0.05) is 42.8 Å². The quantitative estimate of drug-likeness (QED) is 0.561. The van der Waals surface area contributed by atoms with Crippen molar-refractivity contribution >= 4 is 44.1 Å². The zero-order chi connectivity index (χ0) is 22.9. The Hall–Kier alpha value is -2.84. The van der Waals surface area contributed by atoms with Crippen molar-refractivity contribution in [1.82, 2.24) is 9.88 Å². The summed E-state index contributed by atoms with van der Waals surface area (Å²) in [6.07, 6.45) is 1.07. The van der Waals surface area contributed by atoms with Gasteiger partial charge in [-0.3, -0.25) is 4.98 Å². The number of aryl methyl sites for hydroxylation is 1. The van der Waals surface area contributed by atoms with Crippen LogP contribution in [0.3, 0.4) is 0 Å². The predicted molar refractivity (Wildman–Crippen MR) is 124 cm³/mol. The molecule has 0 radical (unpaired) electrons. The molecule has 2 heterocycles. The van der Waals surface area contributed by atoms with Gasteiger partial charge in [-0.25, -0.2) is 13.2 Å². The SMILES string of the molecule is CCOC(=O)N1CCN(c2c(S(=O)(=O)c3ccc(Cl)cc3)cnc3ccc(C)cc23)CC1. The standard InChI is InChI=1S/C23H24ClN3O4S/c1-3-31-23(28)27-12-10-26(11-13-27)22-19-14-16(2)4-9-20(19)25-15-21(22)32(29,30)18-7-5-17(24)6-8-18/h4-9,14-15H,3,10-13H2,1-2H3. The highest BCUT2D eigenvalue weighted by molar-refractivity contribution is 7.91. The number of hydrogen-bond acceptors (Lipinski definition) is 6. The van der Waals surface area contributed by atoms with E-state index in [4.69, 9.17) is 16.3 Å². The Kier molecular flexibility index (Phi) is 6.26. The second-order valence-electron chi connectivity index (χ2n) is 7.62. The third-order valence-electron chi connectivity index (χ3n) is 5.50. The van der Waals surface area contributed by atoms with Gasteiger partial charge in [0.2, 0.25) is 9.84 Å². The molecule has 0 aliphatic carbocycles. The Morgan fingerprint density at radius 2 is 1.78 bits per heavy atom. The molecule has 168 valence electrons. The van der Waals surface area contributed by atoms with Crippen LogP contribution in [0.5, 0.6) is 0 Å². The number of ether oxygens (including phenoxy) is 1. The smallest absolute Gasteiger partial charge is 0.409 e. The third-order valence-corrected chi connectivity index (χ3v) is 7.52. The molecule has 1 fully saturated rings. The van der Waals surface area contributed by atoms with Crippen molar-refractivity contribution < 1.29 is 17.9 Å². The minimum atomic E-state index is -3.85.